The van der Waals surface area contributed by atoms with E-state index in [4.69, 9.17) is 0 Å². The van der Waals surface area contributed by atoms with Crippen molar-refractivity contribution in [1.29, 1.82) is 0 Å². The lowest BCUT2D eigenvalue weighted by molar-refractivity contribution is -0.0784. The average Bonchev–Trinajstić information content (AvgIpc) is 3.21. The van der Waals surface area contributed by atoms with Crippen LogP contribution in [0.3, 0.4) is 0 Å². The van der Waals surface area contributed by atoms with E-state index in [-0.39, 0.29) is 12.3 Å². The summed E-state index contributed by atoms with van der Waals surface area (Å²) in [4.78, 5) is 18.5. The Balaban J connectivity index is 1.62. The SMILES string of the molecule is Cc1sc(C(=O)NC2[C@H](C)CCCC2(F)F)cc1-c1cnc2ccccn12. The molecule has 0 aromatic carbocycles. The number of nitrogens with zero attached hydrogens (tertiary/aromatic N) is 2. The summed E-state index contributed by atoms with van der Waals surface area (Å²) in [6.45, 7) is 3.71. The van der Waals surface area contributed by atoms with Crippen LogP contribution in [0.15, 0.2) is 36.7 Å². The number of aryl methyl sites for hydroxylation is 1. The van der Waals surface area contributed by atoms with E-state index in [2.05, 4.69) is 10.3 Å². The van der Waals surface area contributed by atoms with E-state index in [1.165, 1.54) is 11.3 Å². The minimum atomic E-state index is -2.86. The molecular weight excluding hydrogens is 368 g/mol. The Morgan fingerprint density at radius 3 is 3.00 bits per heavy atom. The number of aromatic nitrogens is 2. The number of amides is 1. The van der Waals surface area contributed by atoms with Crippen molar-refractivity contribution in [1.82, 2.24) is 14.7 Å². The van der Waals surface area contributed by atoms with E-state index in [1.807, 2.05) is 35.7 Å². The lowest BCUT2D eigenvalue weighted by atomic mass is 9.83. The number of carbonyl (C=O) groups excluding carboxylic acids is 1. The monoisotopic (exact) mass is 389 g/mol. The summed E-state index contributed by atoms with van der Waals surface area (Å²) >= 11 is 1.32. The van der Waals surface area contributed by atoms with Crippen molar-refractivity contribution in [3.63, 3.8) is 0 Å². The summed E-state index contributed by atoms with van der Waals surface area (Å²) in [5.41, 5.74) is 2.60. The molecule has 4 nitrogen and oxygen atoms in total. The van der Waals surface area contributed by atoms with Crippen LogP contribution in [0.1, 0.15) is 40.7 Å². The van der Waals surface area contributed by atoms with Gasteiger partial charge in [-0.1, -0.05) is 13.0 Å². The molecule has 2 atom stereocenters. The maximum atomic E-state index is 14.3. The molecule has 0 saturated heterocycles. The molecule has 142 valence electrons. The van der Waals surface area contributed by atoms with Crippen molar-refractivity contribution < 1.29 is 13.6 Å². The largest absolute Gasteiger partial charge is 0.342 e. The van der Waals surface area contributed by atoms with Crippen LogP contribution in [-0.2, 0) is 0 Å². The number of rotatable bonds is 3. The van der Waals surface area contributed by atoms with Crippen LogP contribution in [0.5, 0.6) is 0 Å². The van der Waals surface area contributed by atoms with E-state index >= 15 is 0 Å². The molecule has 1 unspecified atom stereocenters. The van der Waals surface area contributed by atoms with Gasteiger partial charge >= 0.3 is 0 Å². The van der Waals surface area contributed by atoms with Gasteiger partial charge in [0.25, 0.3) is 11.8 Å². The third kappa shape index (κ3) is 3.25. The van der Waals surface area contributed by atoms with Crippen molar-refractivity contribution in [2.24, 2.45) is 5.92 Å². The van der Waals surface area contributed by atoms with Gasteiger partial charge in [-0.2, -0.15) is 0 Å². The fourth-order valence-electron chi connectivity index (χ4n) is 3.84. The number of imidazole rings is 1. The summed E-state index contributed by atoms with van der Waals surface area (Å²) in [7, 11) is 0. The first-order chi connectivity index (χ1) is 12.9. The first kappa shape index (κ1) is 18.1. The van der Waals surface area contributed by atoms with Crippen LogP contribution in [-0.4, -0.2) is 27.3 Å². The van der Waals surface area contributed by atoms with Crippen molar-refractivity contribution >= 4 is 22.9 Å². The van der Waals surface area contributed by atoms with Gasteiger partial charge in [0.15, 0.2) is 0 Å². The molecule has 3 heterocycles. The molecule has 1 amide bonds. The zero-order chi connectivity index (χ0) is 19.2. The minimum absolute atomic E-state index is 0.168. The van der Waals surface area contributed by atoms with E-state index < -0.39 is 17.9 Å². The van der Waals surface area contributed by atoms with Crippen molar-refractivity contribution in [2.45, 2.75) is 45.1 Å². The van der Waals surface area contributed by atoms with Gasteiger partial charge in [0, 0.05) is 23.1 Å². The summed E-state index contributed by atoms with van der Waals surface area (Å²) in [6.07, 6.45) is 4.72. The molecule has 1 aliphatic rings. The van der Waals surface area contributed by atoms with Gasteiger partial charge in [-0.25, -0.2) is 13.8 Å². The third-order valence-corrected chi connectivity index (χ3v) is 6.36. The summed E-state index contributed by atoms with van der Waals surface area (Å²) in [6, 6.07) is 6.40. The highest BCUT2D eigenvalue weighted by Crippen LogP contribution is 2.37. The Morgan fingerprint density at radius 1 is 1.41 bits per heavy atom. The van der Waals surface area contributed by atoms with E-state index in [9.17, 15) is 13.6 Å². The van der Waals surface area contributed by atoms with E-state index in [0.29, 0.717) is 17.7 Å². The van der Waals surface area contributed by atoms with Crippen LogP contribution in [0.4, 0.5) is 8.78 Å². The molecule has 1 fully saturated rings. The van der Waals surface area contributed by atoms with Crippen LogP contribution < -0.4 is 5.32 Å². The predicted octanol–water partition coefficient (Wildman–Crippen LogP) is 4.92. The van der Waals surface area contributed by atoms with Crippen LogP contribution in [0.25, 0.3) is 16.9 Å². The zero-order valence-corrected chi connectivity index (χ0v) is 16.0. The van der Waals surface area contributed by atoms with Crippen LogP contribution in [0, 0.1) is 12.8 Å². The highest BCUT2D eigenvalue weighted by molar-refractivity contribution is 7.14. The molecule has 0 radical (unpaired) electrons. The Morgan fingerprint density at radius 2 is 2.22 bits per heavy atom. The van der Waals surface area contributed by atoms with Gasteiger partial charge in [0.05, 0.1) is 22.8 Å². The zero-order valence-electron chi connectivity index (χ0n) is 15.2. The topological polar surface area (TPSA) is 46.4 Å². The number of pyridine rings is 1. The van der Waals surface area contributed by atoms with Gasteiger partial charge in [0.1, 0.15) is 5.65 Å². The Labute approximate surface area is 160 Å². The second kappa shape index (κ2) is 6.71. The standard InChI is InChI=1S/C20H21F2N3OS/c1-12-6-5-8-20(21,22)18(12)24-19(26)16-10-14(13(2)27-16)15-11-23-17-7-3-4-9-25(15)17/h3-4,7,9-12,18H,5-6,8H2,1-2H3,(H,24,26)/t12-,18?/m1/s1. The number of nitrogens with one attached hydrogen (secondary N) is 1. The molecule has 7 heteroatoms. The number of hydrogen-bond acceptors (Lipinski definition) is 3. The second-order valence-electron chi connectivity index (χ2n) is 7.23. The normalized spacial score (nSPS) is 22.1. The number of carbonyl (C=O) groups is 1. The molecule has 3 aromatic rings. The van der Waals surface area contributed by atoms with Gasteiger partial charge in [0.2, 0.25) is 0 Å². The maximum absolute atomic E-state index is 14.3. The van der Waals surface area contributed by atoms with Crippen molar-refractivity contribution in [3.05, 3.63) is 46.4 Å². The molecule has 3 aromatic heterocycles. The number of thiophene rings is 1. The van der Waals surface area contributed by atoms with Gasteiger partial charge in [-0.05, 0) is 43.9 Å². The molecule has 0 spiro atoms. The molecular formula is C20H21F2N3OS. The lowest BCUT2D eigenvalue weighted by Crippen LogP contribution is -2.53. The molecule has 27 heavy (non-hydrogen) atoms. The van der Waals surface area contributed by atoms with E-state index in [0.717, 1.165) is 21.8 Å². The quantitative estimate of drug-likeness (QED) is 0.691. The maximum Gasteiger partial charge on any atom is 0.268 e. The van der Waals surface area contributed by atoms with Crippen molar-refractivity contribution in [3.8, 4) is 11.3 Å². The summed E-state index contributed by atoms with van der Waals surface area (Å²) in [5, 5.41) is 2.60. The number of alkyl halides is 2. The summed E-state index contributed by atoms with van der Waals surface area (Å²) in [5.74, 6) is -3.52. The Hall–Kier alpha value is -2.28. The number of hydrogen-bond donors (Lipinski definition) is 1. The van der Waals surface area contributed by atoms with Crippen LogP contribution in [0.2, 0.25) is 0 Å². The average molecular weight is 389 g/mol. The first-order valence-electron chi connectivity index (χ1n) is 9.08. The molecule has 1 aliphatic carbocycles. The Kier molecular flexibility index (Phi) is 4.50. The number of fused-ring (bicyclic) bond motifs is 1. The van der Waals surface area contributed by atoms with Gasteiger partial charge in [-0.15, -0.1) is 11.3 Å². The highest BCUT2D eigenvalue weighted by Gasteiger charge is 2.46. The molecule has 1 saturated carbocycles. The fourth-order valence-corrected chi connectivity index (χ4v) is 4.77. The summed E-state index contributed by atoms with van der Waals surface area (Å²) < 4.78 is 30.5. The van der Waals surface area contributed by atoms with Gasteiger partial charge < -0.3 is 5.32 Å². The van der Waals surface area contributed by atoms with Crippen molar-refractivity contribution in [2.75, 3.05) is 0 Å². The third-order valence-electron chi connectivity index (χ3n) is 5.31. The first-order valence-corrected chi connectivity index (χ1v) is 9.90. The lowest BCUT2D eigenvalue weighted by Gasteiger charge is -2.36. The molecule has 0 bridgehead atoms. The minimum Gasteiger partial charge on any atom is -0.342 e. The molecule has 4 rings (SSSR count). The highest BCUT2D eigenvalue weighted by atomic mass is 32.1. The molecule has 0 aliphatic heterocycles. The predicted molar refractivity (Wildman–Crippen MR) is 102 cm³/mol. The van der Waals surface area contributed by atoms with Crippen LogP contribution >= 0.6 is 11.3 Å². The van der Waals surface area contributed by atoms with Gasteiger partial charge in [-0.3, -0.25) is 9.20 Å². The fraction of sp³-hybridized carbons (Fsp3) is 0.400. The smallest absolute Gasteiger partial charge is 0.268 e. The second-order valence-corrected chi connectivity index (χ2v) is 8.49. The van der Waals surface area contributed by atoms with E-state index in [1.54, 1.807) is 19.2 Å². The molecule has 1 N–H and O–H groups in total. The number of halogens is 2. The Bertz CT molecular complexity index is 994.